The van der Waals surface area contributed by atoms with Crippen LogP contribution in [0.25, 0.3) is 16.5 Å². The van der Waals surface area contributed by atoms with Crippen LogP contribution in [0.5, 0.6) is 0 Å². The first-order valence-electron chi connectivity index (χ1n) is 6.92. The Balaban J connectivity index is 2.56. The first-order valence-corrected chi connectivity index (χ1v) is 6.92. The van der Waals surface area contributed by atoms with Crippen molar-refractivity contribution in [1.29, 1.82) is 0 Å². The number of hydrogen-bond acceptors (Lipinski definition) is 1. The molecule has 0 N–H and O–H groups in total. The summed E-state index contributed by atoms with van der Waals surface area (Å²) in [6, 6.07) is 8.64. The summed E-state index contributed by atoms with van der Waals surface area (Å²) in [5.74, 6) is 0. The average Bonchev–Trinajstić information content (AvgIpc) is 2.42. The van der Waals surface area contributed by atoms with Gasteiger partial charge >= 0.3 is 0 Å². The molecule has 1 aromatic heterocycles. The topological polar surface area (TPSA) is 12.9 Å². The molecule has 0 fully saturated rings. The van der Waals surface area contributed by atoms with Crippen LogP contribution in [0.1, 0.15) is 37.8 Å². The lowest BCUT2D eigenvalue weighted by Crippen LogP contribution is -1.90. The third kappa shape index (κ3) is 3.11. The van der Waals surface area contributed by atoms with Gasteiger partial charge in [0.15, 0.2) is 0 Å². The Morgan fingerprint density at radius 3 is 2.89 bits per heavy atom. The highest BCUT2D eigenvalue weighted by Crippen LogP contribution is 2.27. The highest BCUT2D eigenvalue weighted by molar-refractivity contribution is 5.91. The second-order valence-corrected chi connectivity index (χ2v) is 4.80. The summed E-state index contributed by atoms with van der Waals surface area (Å²) in [6.07, 6.45) is 10.6. The normalized spacial score (nSPS) is 12.5. The van der Waals surface area contributed by atoms with Gasteiger partial charge in [0.05, 0.1) is 5.52 Å². The van der Waals surface area contributed by atoms with Gasteiger partial charge in [0.25, 0.3) is 0 Å². The van der Waals surface area contributed by atoms with Gasteiger partial charge in [-0.3, -0.25) is 4.98 Å². The molecule has 0 atom stereocenters. The Bertz CT molecular complexity index is 621. The minimum absolute atomic E-state index is 0.971. The minimum Gasteiger partial charge on any atom is -0.255 e. The van der Waals surface area contributed by atoms with Crippen LogP contribution in [-0.2, 0) is 0 Å². The number of para-hydroxylation sites is 1. The maximum atomic E-state index is 4.63. The van der Waals surface area contributed by atoms with Crippen molar-refractivity contribution >= 4 is 16.5 Å². The number of pyridine rings is 1. The molecule has 19 heavy (non-hydrogen) atoms. The van der Waals surface area contributed by atoms with Gasteiger partial charge in [-0.1, -0.05) is 43.4 Å². The van der Waals surface area contributed by atoms with Crippen molar-refractivity contribution in [3.8, 4) is 0 Å². The molecule has 0 amide bonds. The fraction of sp³-hybridized carbons (Fsp3) is 0.278. The van der Waals surface area contributed by atoms with Crippen LogP contribution in [-0.4, -0.2) is 4.98 Å². The number of allylic oxidation sites excluding steroid dienone is 4. The lowest BCUT2D eigenvalue weighted by molar-refractivity contribution is 1.20. The zero-order valence-electron chi connectivity index (χ0n) is 12.0. The van der Waals surface area contributed by atoms with Gasteiger partial charge < -0.3 is 0 Å². The van der Waals surface area contributed by atoms with Crippen molar-refractivity contribution in [2.75, 3.05) is 0 Å². The lowest BCUT2D eigenvalue weighted by Gasteiger charge is -2.09. The molecule has 2 rings (SSSR count). The van der Waals surface area contributed by atoms with E-state index in [1.165, 1.54) is 22.1 Å². The molecular formula is C18H21N. The Morgan fingerprint density at radius 2 is 2.16 bits per heavy atom. The van der Waals surface area contributed by atoms with Crippen LogP contribution >= 0.6 is 0 Å². The maximum Gasteiger partial charge on any atom is 0.0777 e. The third-order valence-electron chi connectivity index (χ3n) is 3.22. The lowest BCUT2D eigenvalue weighted by atomic mass is 9.98. The number of rotatable bonds is 4. The van der Waals surface area contributed by atoms with Crippen molar-refractivity contribution in [1.82, 2.24) is 4.98 Å². The number of nitrogens with zero attached hydrogens (tertiary/aromatic N) is 1. The Morgan fingerprint density at radius 1 is 1.32 bits per heavy atom. The average molecular weight is 251 g/mol. The summed E-state index contributed by atoms with van der Waals surface area (Å²) in [7, 11) is 0. The number of benzene rings is 1. The fourth-order valence-corrected chi connectivity index (χ4v) is 2.32. The minimum atomic E-state index is 0.971. The molecule has 0 bridgehead atoms. The third-order valence-corrected chi connectivity index (χ3v) is 3.22. The molecule has 0 saturated carbocycles. The monoisotopic (exact) mass is 251 g/mol. The summed E-state index contributed by atoms with van der Waals surface area (Å²) in [5, 5.41) is 1.22. The molecule has 0 saturated heterocycles. The highest BCUT2D eigenvalue weighted by atomic mass is 14.7. The van der Waals surface area contributed by atoms with Gasteiger partial charge in [-0.2, -0.15) is 0 Å². The van der Waals surface area contributed by atoms with Gasteiger partial charge in [-0.25, -0.2) is 0 Å². The summed E-state index contributed by atoms with van der Waals surface area (Å²) in [4.78, 5) is 4.63. The van der Waals surface area contributed by atoms with E-state index in [2.05, 4.69) is 68.2 Å². The fourth-order valence-electron chi connectivity index (χ4n) is 2.32. The van der Waals surface area contributed by atoms with E-state index in [-0.39, 0.29) is 0 Å². The van der Waals surface area contributed by atoms with Gasteiger partial charge in [-0.15, -0.1) is 0 Å². The van der Waals surface area contributed by atoms with E-state index in [1.807, 2.05) is 6.20 Å². The van der Waals surface area contributed by atoms with Gasteiger partial charge in [0, 0.05) is 17.1 Å². The van der Waals surface area contributed by atoms with E-state index < -0.39 is 0 Å². The quantitative estimate of drug-likeness (QED) is 0.672. The molecule has 0 aliphatic carbocycles. The van der Waals surface area contributed by atoms with Gasteiger partial charge in [-0.05, 0) is 43.9 Å². The van der Waals surface area contributed by atoms with E-state index >= 15 is 0 Å². The van der Waals surface area contributed by atoms with Gasteiger partial charge in [0.1, 0.15) is 0 Å². The van der Waals surface area contributed by atoms with Crippen LogP contribution in [0.2, 0.25) is 0 Å². The molecule has 0 aliphatic rings. The predicted octanol–water partition coefficient (Wildman–Crippen LogP) is 5.30. The molecular weight excluding hydrogens is 230 g/mol. The highest BCUT2D eigenvalue weighted by Gasteiger charge is 2.06. The SMILES string of the molecule is C/C=C\C/C(=C\CC)c1cccc2cc(C)cnc12. The zero-order chi connectivity index (χ0) is 13.7. The molecule has 0 radical (unpaired) electrons. The second kappa shape index (κ2) is 6.33. The summed E-state index contributed by atoms with van der Waals surface area (Å²) in [6.45, 7) is 6.33. The van der Waals surface area contributed by atoms with Crippen molar-refractivity contribution in [3.05, 3.63) is 59.8 Å². The molecule has 98 valence electrons. The Hall–Kier alpha value is -1.89. The van der Waals surface area contributed by atoms with E-state index in [4.69, 9.17) is 0 Å². The number of fused-ring (bicyclic) bond motifs is 1. The van der Waals surface area contributed by atoms with Crippen molar-refractivity contribution in [3.63, 3.8) is 0 Å². The van der Waals surface area contributed by atoms with Crippen LogP contribution in [0.15, 0.2) is 48.7 Å². The zero-order valence-corrected chi connectivity index (χ0v) is 12.0. The number of aryl methyl sites for hydroxylation is 1. The molecule has 1 heteroatoms. The summed E-state index contributed by atoms with van der Waals surface area (Å²) in [5.41, 5.74) is 4.94. The van der Waals surface area contributed by atoms with Crippen LogP contribution in [0.4, 0.5) is 0 Å². The number of aromatic nitrogens is 1. The molecule has 0 aliphatic heterocycles. The van der Waals surface area contributed by atoms with Crippen LogP contribution in [0.3, 0.4) is 0 Å². The second-order valence-electron chi connectivity index (χ2n) is 4.80. The first-order chi connectivity index (χ1) is 9.26. The van der Waals surface area contributed by atoms with Crippen molar-refractivity contribution in [2.45, 2.75) is 33.6 Å². The molecule has 0 spiro atoms. The van der Waals surface area contributed by atoms with Crippen LogP contribution < -0.4 is 0 Å². The standard InChI is InChI=1S/C18H21N/c1-4-6-9-15(8-5-2)17-11-7-10-16-12-14(3)13-19-18(16)17/h4,6-8,10-13H,5,9H2,1-3H3/b6-4-,15-8+. The van der Waals surface area contributed by atoms with E-state index in [0.29, 0.717) is 0 Å². The molecule has 1 nitrogen and oxygen atoms in total. The van der Waals surface area contributed by atoms with Crippen molar-refractivity contribution in [2.24, 2.45) is 0 Å². The smallest absolute Gasteiger partial charge is 0.0777 e. The maximum absolute atomic E-state index is 4.63. The Kier molecular flexibility index (Phi) is 4.51. The molecule has 1 aromatic carbocycles. The first kappa shape index (κ1) is 13.5. The van der Waals surface area contributed by atoms with Crippen molar-refractivity contribution < 1.29 is 0 Å². The summed E-state index contributed by atoms with van der Waals surface area (Å²) < 4.78 is 0. The predicted molar refractivity (Wildman–Crippen MR) is 84.2 cm³/mol. The molecule has 1 heterocycles. The molecule has 0 unspecified atom stereocenters. The van der Waals surface area contributed by atoms with E-state index in [1.54, 1.807) is 0 Å². The van der Waals surface area contributed by atoms with E-state index in [9.17, 15) is 0 Å². The van der Waals surface area contributed by atoms with Gasteiger partial charge in [0.2, 0.25) is 0 Å². The largest absolute Gasteiger partial charge is 0.255 e. The molecule has 2 aromatic rings. The van der Waals surface area contributed by atoms with E-state index in [0.717, 1.165) is 18.4 Å². The Labute approximate surface area is 115 Å². The van der Waals surface area contributed by atoms with Crippen LogP contribution in [0, 0.1) is 6.92 Å². The number of hydrogen-bond donors (Lipinski definition) is 0. The summed E-state index contributed by atoms with van der Waals surface area (Å²) >= 11 is 0.